The third kappa shape index (κ3) is 6.41. The molecule has 3 heterocycles. The molecule has 0 spiro atoms. The van der Waals surface area contributed by atoms with Crippen molar-refractivity contribution < 1.29 is 57.1 Å². The number of aromatic hydroxyl groups is 1. The summed E-state index contributed by atoms with van der Waals surface area (Å²) in [6.45, 7) is -0.377. The minimum Gasteiger partial charge on any atom is -0.505 e. The highest BCUT2D eigenvalue weighted by atomic mass is 31.3. The highest BCUT2D eigenvalue weighted by Gasteiger charge is 2.46. The Hall–Kier alpha value is -2.56. The minimum absolute atomic E-state index is 0.103. The highest BCUT2D eigenvalue weighted by Crippen LogP contribution is 2.61. The third-order valence-corrected chi connectivity index (χ3v) is 7.51. The molecule has 1 fully saturated rings. The Balaban J connectivity index is 1.61. The van der Waals surface area contributed by atoms with Crippen molar-refractivity contribution in [1.82, 2.24) is 14.5 Å². The number of aromatic nitrogens is 3. The van der Waals surface area contributed by atoms with Crippen molar-refractivity contribution in [3.8, 4) is 5.75 Å². The maximum Gasteiger partial charge on any atom is 0.481 e. The topological polar surface area (TPSA) is 257 Å². The Labute approximate surface area is 200 Å². The minimum atomic E-state index is -5.34. The number of aliphatic hydroxyl groups excluding tert-OH is 2. The van der Waals surface area contributed by atoms with Gasteiger partial charge in [0.05, 0.1) is 24.5 Å². The first-order valence-corrected chi connectivity index (χ1v) is 12.9. The van der Waals surface area contributed by atoms with Gasteiger partial charge in [-0.15, -0.1) is 0 Å². The van der Waals surface area contributed by atoms with Gasteiger partial charge in [-0.25, -0.2) is 13.9 Å². The lowest BCUT2D eigenvalue weighted by molar-refractivity contribution is -0.0543. The van der Waals surface area contributed by atoms with E-state index in [1.54, 1.807) is 0 Å². The SMILES string of the molecule is Cc1ncc(COP(=O)(O)OP(=O)(O)OC[C@H]2OC(n3ccc(=O)[nH]c3=O)[C@H](O)[C@@H]2O)c(C=O)c1O. The monoisotopic (exact) mass is 553 g/mol. The predicted octanol–water partition coefficient (Wildman–Crippen LogP) is -1.17. The van der Waals surface area contributed by atoms with Crippen molar-refractivity contribution in [3.05, 3.63) is 56.1 Å². The summed E-state index contributed by atoms with van der Waals surface area (Å²) in [5, 5.41) is 30.1. The number of rotatable bonds is 10. The van der Waals surface area contributed by atoms with Crippen LogP contribution in [0, 0.1) is 6.92 Å². The first-order valence-electron chi connectivity index (χ1n) is 9.86. The van der Waals surface area contributed by atoms with E-state index in [0.29, 0.717) is 0 Å². The molecule has 0 amide bonds. The molecule has 3 rings (SSSR count). The summed E-state index contributed by atoms with van der Waals surface area (Å²) < 4.78 is 43.6. The second kappa shape index (κ2) is 10.8. The maximum atomic E-state index is 12.1. The van der Waals surface area contributed by atoms with Gasteiger partial charge >= 0.3 is 21.3 Å². The standard InChI is InChI=1S/C17H21N3O14P2/c1-8-13(23)10(5-21)9(4-18-8)6-31-35(27,28)34-36(29,30)32-7-11-14(24)15(25)16(33-11)20-3-2-12(22)19-17(20)26/h2-5,11,14-16,23-25H,6-7H2,1H3,(H,27,28)(H,29,30)(H,19,22,26)/t11-,14-,15-,16?/m1/s1. The molecular weight excluding hydrogens is 532 g/mol. The van der Waals surface area contributed by atoms with Crippen LogP contribution in [0.4, 0.5) is 0 Å². The Morgan fingerprint density at radius 1 is 1.19 bits per heavy atom. The fraction of sp³-hybridized carbons (Fsp3) is 0.412. The second-order valence-electron chi connectivity index (χ2n) is 7.40. The molecule has 198 valence electrons. The molecule has 0 aliphatic carbocycles. The molecule has 1 saturated heterocycles. The van der Waals surface area contributed by atoms with Gasteiger partial charge in [0.2, 0.25) is 0 Å². The molecule has 0 bridgehead atoms. The average molecular weight is 553 g/mol. The zero-order chi connectivity index (χ0) is 26.8. The molecule has 17 nitrogen and oxygen atoms in total. The molecule has 0 radical (unpaired) electrons. The van der Waals surface area contributed by atoms with Crippen molar-refractivity contribution in [3.63, 3.8) is 0 Å². The van der Waals surface area contributed by atoms with Gasteiger partial charge in [-0.3, -0.25) is 33.2 Å². The molecule has 0 saturated carbocycles. The van der Waals surface area contributed by atoms with Crippen LogP contribution in [0.1, 0.15) is 27.8 Å². The Morgan fingerprint density at radius 3 is 2.50 bits per heavy atom. The number of aliphatic hydroxyl groups is 2. The summed E-state index contributed by atoms with van der Waals surface area (Å²) >= 11 is 0. The lowest BCUT2D eigenvalue weighted by Crippen LogP contribution is -2.37. The third-order valence-electron chi connectivity index (χ3n) is 4.93. The van der Waals surface area contributed by atoms with Crippen LogP contribution < -0.4 is 11.2 Å². The number of ether oxygens (including phenoxy) is 1. The van der Waals surface area contributed by atoms with E-state index in [1.165, 1.54) is 6.92 Å². The number of aldehydes is 1. The summed E-state index contributed by atoms with van der Waals surface area (Å²) in [5.41, 5.74) is -2.00. The van der Waals surface area contributed by atoms with Crippen LogP contribution in [0.5, 0.6) is 5.75 Å². The molecule has 6 atom stereocenters. The number of hydrogen-bond acceptors (Lipinski definition) is 13. The summed E-state index contributed by atoms with van der Waals surface area (Å²) in [4.78, 5) is 59.5. The van der Waals surface area contributed by atoms with Crippen molar-refractivity contribution in [2.24, 2.45) is 0 Å². The van der Waals surface area contributed by atoms with Gasteiger partial charge in [0.25, 0.3) is 5.56 Å². The van der Waals surface area contributed by atoms with Gasteiger partial charge < -0.3 is 29.8 Å². The van der Waals surface area contributed by atoms with Crippen LogP contribution in [0.15, 0.2) is 28.0 Å². The van der Waals surface area contributed by atoms with E-state index >= 15 is 0 Å². The molecule has 2 aromatic rings. The van der Waals surface area contributed by atoms with E-state index in [-0.39, 0.29) is 23.1 Å². The fourth-order valence-electron chi connectivity index (χ4n) is 3.12. The van der Waals surface area contributed by atoms with Gasteiger partial charge in [-0.1, -0.05) is 0 Å². The van der Waals surface area contributed by atoms with Crippen LogP contribution in [0.3, 0.4) is 0 Å². The van der Waals surface area contributed by atoms with Gasteiger partial charge in [0.15, 0.2) is 12.5 Å². The van der Waals surface area contributed by atoms with Gasteiger partial charge in [0.1, 0.15) is 24.1 Å². The number of phosphoric acid groups is 2. The number of carbonyl (C=O) groups excluding carboxylic acids is 1. The first-order chi connectivity index (χ1) is 16.7. The van der Waals surface area contributed by atoms with Crippen molar-refractivity contribution in [2.75, 3.05) is 6.61 Å². The van der Waals surface area contributed by atoms with E-state index in [4.69, 9.17) is 4.74 Å². The Morgan fingerprint density at radius 2 is 1.86 bits per heavy atom. The molecule has 3 unspecified atom stereocenters. The summed E-state index contributed by atoms with van der Waals surface area (Å²) in [6.07, 6.45) is -4.16. The lowest BCUT2D eigenvalue weighted by atomic mass is 10.1. The smallest absolute Gasteiger partial charge is 0.481 e. The van der Waals surface area contributed by atoms with Gasteiger partial charge in [0, 0.05) is 24.0 Å². The number of H-pyrrole nitrogens is 1. The number of aromatic amines is 1. The normalized spacial score (nSPS) is 25.2. The van der Waals surface area contributed by atoms with Crippen LogP contribution in [-0.2, 0) is 33.8 Å². The molecule has 1 aliphatic heterocycles. The van der Waals surface area contributed by atoms with E-state index in [9.17, 15) is 48.6 Å². The largest absolute Gasteiger partial charge is 0.505 e. The lowest BCUT2D eigenvalue weighted by Gasteiger charge is -2.19. The number of nitrogens with one attached hydrogen (secondary N) is 1. The van der Waals surface area contributed by atoms with Crippen molar-refractivity contribution in [1.29, 1.82) is 0 Å². The molecule has 0 aromatic carbocycles. The summed E-state index contributed by atoms with van der Waals surface area (Å²) in [7, 11) is -10.6. The van der Waals surface area contributed by atoms with Crippen molar-refractivity contribution >= 4 is 21.9 Å². The summed E-state index contributed by atoms with van der Waals surface area (Å²) in [5.74, 6) is -0.490. The number of nitrogens with zero attached hydrogens (tertiary/aromatic N) is 2. The zero-order valence-electron chi connectivity index (χ0n) is 18.2. The Kier molecular flexibility index (Phi) is 8.42. The highest BCUT2D eigenvalue weighted by molar-refractivity contribution is 7.61. The maximum absolute atomic E-state index is 12.1. The number of carbonyl (C=O) groups is 1. The van der Waals surface area contributed by atoms with Gasteiger partial charge in [-0.2, -0.15) is 4.31 Å². The quantitative estimate of drug-likeness (QED) is 0.150. The number of phosphoric ester groups is 2. The molecule has 36 heavy (non-hydrogen) atoms. The molecule has 19 heteroatoms. The van der Waals surface area contributed by atoms with Crippen LogP contribution in [0.25, 0.3) is 0 Å². The van der Waals surface area contributed by atoms with E-state index < -0.39 is 70.4 Å². The first kappa shape index (κ1) is 28.0. The molecule has 2 aromatic heterocycles. The van der Waals surface area contributed by atoms with Crippen molar-refractivity contribution in [2.45, 2.75) is 38.1 Å². The zero-order valence-corrected chi connectivity index (χ0v) is 20.0. The predicted molar refractivity (Wildman–Crippen MR) is 115 cm³/mol. The molecular formula is C17H21N3O14P2. The second-order valence-corrected chi connectivity index (χ2v) is 10.4. The number of aryl methyl sites for hydroxylation is 1. The van der Waals surface area contributed by atoms with E-state index in [0.717, 1.165) is 23.0 Å². The fourth-order valence-corrected chi connectivity index (χ4v) is 5.18. The van der Waals surface area contributed by atoms with Gasteiger partial charge in [-0.05, 0) is 6.92 Å². The van der Waals surface area contributed by atoms with Crippen LogP contribution in [0.2, 0.25) is 0 Å². The average Bonchev–Trinajstić information content (AvgIpc) is 3.06. The van der Waals surface area contributed by atoms with Crippen LogP contribution >= 0.6 is 15.6 Å². The van der Waals surface area contributed by atoms with E-state index in [2.05, 4.69) is 18.3 Å². The molecule has 6 N–H and O–H groups in total. The van der Waals surface area contributed by atoms with E-state index in [1.807, 2.05) is 4.98 Å². The van der Waals surface area contributed by atoms with Crippen LogP contribution in [-0.4, -0.2) is 70.8 Å². The Bertz CT molecular complexity index is 1340. The number of hydrogen-bond donors (Lipinski definition) is 6. The number of pyridine rings is 1. The molecule has 1 aliphatic rings. The summed E-state index contributed by atoms with van der Waals surface area (Å²) in [6, 6.07) is 0.953.